The highest BCUT2D eigenvalue weighted by Crippen LogP contribution is 2.38. The average molecular weight is 317 g/mol. The van der Waals surface area contributed by atoms with Crippen molar-refractivity contribution in [2.24, 2.45) is 17.8 Å². The van der Waals surface area contributed by atoms with Gasteiger partial charge in [-0.15, -0.1) is 0 Å². The molecular formula is C12H20Cl3NO2. The molecule has 1 aliphatic heterocycles. The van der Waals surface area contributed by atoms with E-state index in [1.54, 1.807) is 0 Å². The summed E-state index contributed by atoms with van der Waals surface area (Å²) in [6, 6.07) is 0. The van der Waals surface area contributed by atoms with Gasteiger partial charge in [-0.25, -0.2) is 0 Å². The van der Waals surface area contributed by atoms with E-state index in [2.05, 4.69) is 20.8 Å². The minimum atomic E-state index is -1.84. The van der Waals surface area contributed by atoms with Crippen LogP contribution in [0.15, 0.2) is 0 Å². The van der Waals surface area contributed by atoms with Crippen LogP contribution >= 0.6 is 34.8 Å². The first-order chi connectivity index (χ1) is 8.18. The molecule has 0 radical (unpaired) electrons. The summed E-state index contributed by atoms with van der Waals surface area (Å²) in [4.78, 5) is 0. The number of rotatable bonds is 2. The first-order valence-corrected chi connectivity index (χ1v) is 7.29. The molecule has 1 saturated heterocycles. The molecule has 0 aromatic heterocycles. The molecule has 0 aliphatic carbocycles. The second kappa shape index (κ2) is 6.17. The highest BCUT2D eigenvalue weighted by atomic mass is 35.6. The minimum absolute atomic E-state index is 0.115. The molecule has 1 rings (SSSR count). The van der Waals surface area contributed by atoms with Crippen LogP contribution in [0.5, 0.6) is 0 Å². The lowest BCUT2D eigenvalue weighted by Crippen LogP contribution is -2.47. The Labute approximate surface area is 124 Å². The maximum Gasteiger partial charge on any atom is 0.265 e. The van der Waals surface area contributed by atoms with Crippen molar-refractivity contribution in [2.75, 3.05) is 0 Å². The van der Waals surface area contributed by atoms with Crippen LogP contribution in [0.3, 0.4) is 0 Å². The van der Waals surface area contributed by atoms with E-state index < -0.39 is 10.1 Å². The van der Waals surface area contributed by atoms with Crippen molar-refractivity contribution in [1.29, 1.82) is 5.41 Å². The zero-order chi connectivity index (χ0) is 14.1. The molecule has 0 spiro atoms. The fraction of sp³-hybridized carbons (Fsp3) is 0.917. The van der Waals surface area contributed by atoms with Crippen LogP contribution in [0.25, 0.3) is 0 Å². The third-order valence-electron chi connectivity index (χ3n) is 3.88. The number of hydrogen-bond acceptors (Lipinski definition) is 3. The van der Waals surface area contributed by atoms with Gasteiger partial charge in [-0.2, -0.15) is 0 Å². The molecule has 0 amide bonds. The van der Waals surface area contributed by atoms with Crippen LogP contribution in [0.2, 0.25) is 0 Å². The molecule has 106 valence electrons. The Morgan fingerprint density at radius 1 is 1.17 bits per heavy atom. The highest BCUT2D eigenvalue weighted by Gasteiger charge is 2.41. The van der Waals surface area contributed by atoms with Gasteiger partial charge in [0.15, 0.2) is 0 Å². The largest absolute Gasteiger partial charge is 0.448 e. The van der Waals surface area contributed by atoms with Crippen molar-refractivity contribution in [3.63, 3.8) is 0 Å². The molecule has 0 saturated carbocycles. The van der Waals surface area contributed by atoms with Crippen LogP contribution in [-0.4, -0.2) is 22.1 Å². The topological polar surface area (TPSA) is 42.3 Å². The zero-order valence-corrected chi connectivity index (χ0v) is 13.3. The quantitative estimate of drug-likeness (QED) is 0.466. The van der Waals surface area contributed by atoms with E-state index in [1.807, 2.05) is 6.92 Å². The van der Waals surface area contributed by atoms with Gasteiger partial charge in [0.2, 0.25) is 12.2 Å². The summed E-state index contributed by atoms with van der Waals surface area (Å²) in [7, 11) is 0. The minimum Gasteiger partial charge on any atom is -0.448 e. The molecule has 1 heterocycles. The summed E-state index contributed by atoms with van der Waals surface area (Å²) >= 11 is 16.8. The van der Waals surface area contributed by atoms with Gasteiger partial charge in [-0.05, 0) is 18.3 Å². The lowest BCUT2D eigenvalue weighted by Gasteiger charge is -2.43. The Hall–Kier alpha value is 0.300. The fourth-order valence-electron chi connectivity index (χ4n) is 2.27. The lowest BCUT2D eigenvalue weighted by molar-refractivity contribution is -0.218. The Kier molecular flexibility index (Phi) is 5.60. The van der Waals surface area contributed by atoms with Crippen molar-refractivity contribution in [3.05, 3.63) is 0 Å². The predicted molar refractivity (Wildman–Crippen MR) is 75.5 cm³/mol. The first-order valence-electron chi connectivity index (χ1n) is 6.16. The van der Waals surface area contributed by atoms with Crippen LogP contribution in [-0.2, 0) is 9.47 Å². The summed E-state index contributed by atoms with van der Waals surface area (Å²) < 4.78 is 9.41. The number of nitrogens with one attached hydrogen (secondary N) is 1. The van der Waals surface area contributed by atoms with E-state index in [4.69, 9.17) is 49.7 Å². The standard InChI is InChI=1S/C12H20Cl3NO2/c1-5-9-7(3)6(2)8(4)10(17-9)18-11(16)12(13,14)15/h6-10,16H,5H2,1-4H3/t6-,7-,8?,9?,10?/m0/s1. The molecule has 1 N–H and O–H groups in total. The number of halogens is 3. The average Bonchev–Trinajstić information content (AvgIpc) is 2.28. The van der Waals surface area contributed by atoms with E-state index in [0.29, 0.717) is 11.8 Å². The molecular weight excluding hydrogens is 296 g/mol. The van der Waals surface area contributed by atoms with Crippen LogP contribution in [0.4, 0.5) is 0 Å². The summed E-state index contributed by atoms with van der Waals surface area (Å²) in [5.74, 6) is 0.639. The SMILES string of the molecule is CCC1OC(OC(=N)C(Cl)(Cl)Cl)C(C)[C@@H](C)[C@@H]1C. The Morgan fingerprint density at radius 2 is 1.72 bits per heavy atom. The third-order valence-corrected chi connectivity index (χ3v) is 4.39. The molecule has 3 unspecified atom stereocenters. The van der Waals surface area contributed by atoms with E-state index in [-0.39, 0.29) is 17.9 Å². The molecule has 5 atom stereocenters. The molecule has 18 heavy (non-hydrogen) atoms. The van der Waals surface area contributed by atoms with Crippen molar-refractivity contribution < 1.29 is 9.47 Å². The molecule has 0 aromatic rings. The summed E-state index contributed by atoms with van der Waals surface area (Å²) in [5.41, 5.74) is 0. The van der Waals surface area contributed by atoms with Gasteiger partial charge < -0.3 is 9.47 Å². The van der Waals surface area contributed by atoms with Gasteiger partial charge in [0.25, 0.3) is 3.79 Å². The van der Waals surface area contributed by atoms with Crippen LogP contribution < -0.4 is 0 Å². The monoisotopic (exact) mass is 315 g/mol. The van der Waals surface area contributed by atoms with Gasteiger partial charge in [-0.1, -0.05) is 62.5 Å². The number of alkyl halides is 3. The second-order valence-electron chi connectivity index (χ2n) is 4.97. The van der Waals surface area contributed by atoms with Gasteiger partial charge >= 0.3 is 0 Å². The first kappa shape index (κ1) is 16.4. The van der Waals surface area contributed by atoms with Gasteiger partial charge in [0, 0.05) is 5.92 Å². The van der Waals surface area contributed by atoms with E-state index in [1.165, 1.54) is 0 Å². The molecule has 0 bridgehead atoms. The van der Waals surface area contributed by atoms with Crippen molar-refractivity contribution >= 4 is 40.7 Å². The Balaban J connectivity index is 2.74. The summed E-state index contributed by atoms with van der Waals surface area (Å²) in [6.45, 7) is 8.44. The smallest absolute Gasteiger partial charge is 0.265 e. The molecule has 6 heteroatoms. The number of ether oxygens (including phenoxy) is 2. The number of hydrogen-bond donors (Lipinski definition) is 1. The Bertz CT molecular complexity index is 304. The zero-order valence-electron chi connectivity index (χ0n) is 11.0. The van der Waals surface area contributed by atoms with Crippen molar-refractivity contribution in [3.8, 4) is 0 Å². The summed E-state index contributed by atoms with van der Waals surface area (Å²) in [5, 5.41) is 7.61. The van der Waals surface area contributed by atoms with Crippen LogP contribution in [0, 0.1) is 23.2 Å². The van der Waals surface area contributed by atoms with Gasteiger partial charge in [-0.3, -0.25) is 5.41 Å². The molecule has 3 nitrogen and oxygen atoms in total. The van der Waals surface area contributed by atoms with Gasteiger partial charge in [0.1, 0.15) is 0 Å². The Morgan fingerprint density at radius 3 is 2.17 bits per heavy atom. The predicted octanol–water partition coefficient (Wildman–Crippen LogP) is 4.39. The van der Waals surface area contributed by atoms with E-state index in [0.717, 1.165) is 6.42 Å². The highest BCUT2D eigenvalue weighted by molar-refractivity contribution is 6.76. The second-order valence-corrected chi connectivity index (χ2v) is 7.25. The summed E-state index contributed by atoms with van der Waals surface area (Å²) in [6.07, 6.45) is 0.493. The lowest BCUT2D eigenvalue weighted by atomic mass is 9.78. The van der Waals surface area contributed by atoms with Gasteiger partial charge in [0.05, 0.1) is 6.10 Å². The van der Waals surface area contributed by atoms with Crippen LogP contribution in [0.1, 0.15) is 34.1 Å². The molecule has 1 fully saturated rings. The maximum absolute atomic E-state index is 7.61. The maximum atomic E-state index is 7.61. The molecule has 1 aliphatic rings. The van der Waals surface area contributed by atoms with E-state index >= 15 is 0 Å². The third kappa shape index (κ3) is 3.66. The van der Waals surface area contributed by atoms with E-state index in [9.17, 15) is 0 Å². The van der Waals surface area contributed by atoms with Crippen molar-refractivity contribution in [1.82, 2.24) is 0 Å². The normalized spacial score (nSPS) is 37.4. The van der Waals surface area contributed by atoms with Crippen molar-refractivity contribution in [2.45, 2.75) is 50.3 Å². The fourth-order valence-corrected chi connectivity index (χ4v) is 2.41. The molecule has 0 aromatic carbocycles.